The topological polar surface area (TPSA) is 66.5 Å². The highest BCUT2D eigenvalue weighted by molar-refractivity contribution is 5.76. The zero-order valence-electron chi connectivity index (χ0n) is 15.0. The molecule has 25 heavy (non-hydrogen) atoms. The van der Waals surface area contributed by atoms with E-state index in [4.69, 9.17) is 4.74 Å². The Bertz CT molecular complexity index is 513. The molecule has 2 fully saturated rings. The second-order valence-corrected chi connectivity index (χ2v) is 6.95. The average molecular weight is 346 g/mol. The summed E-state index contributed by atoms with van der Waals surface area (Å²) in [6.45, 7) is 4.42. The van der Waals surface area contributed by atoms with Crippen molar-refractivity contribution in [1.82, 2.24) is 15.2 Å². The van der Waals surface area contributed by atoms with Gasteiger partial charge in [0.25, 0.3) is 0 Å². The molecule has 1 unspecified atom stereocenters. The molecule has 1 aromatic rings. The molecule has 1 aliphatic carbocycles. The number of nitrogens with one attached hydrogen (secondary N) is 2. The van der Waals surface area contributed by atoms with E-state index in [9.17, 15) is 4.79 Å². The highest BCUT2D eigenvalue weighted by atomic mass is 16.5. The molecular weight excluding hydrogens is 316 g/mol. The van der Waals surface area contributed by atoms with Crippen molar-refractivity contribution in [3.05, 3.63) is 24.5 Å². The number of aromatic nitrogens is 1. The molecule has 1 aliphatic heterocycles. The number of hydrogen-bond donors (Lipinski definition) is 2. The molecule has 138 valence electrons. The lowest BCUT2D eigenvalue weighted by molar-refractivity contribution is -0.157. The van der Waals surface area contributed by atoms with Crippen LogP contribution in [0.3, 0.4) is 0 Å². The van der Waals surface area contributed by atoms with Gasteiger partial charge in [0.05, 0.1) is 0 Å². The number of anilines is 1. The third-order valence-corrected chi connectivity index (χ3v) is 5.13. The predicted octanol–water partition coefficient (Wildman–Crippen LogP) is 2.03. The summed E-state index contributed by atoms with van der Waals surface area (Å²) in [4.78, 5) is 19.1. The molecule has 6 heteroatoms. The number of hydrogen-bond acceptors (Lipinski definition) is 6. The maximum atomic E-state index is 12.8. The first-order valence-electron chi connectivity index (χ1n) is 9.62. The van der Waals surface area contributed by atoms with Crippen LogP contribution in [0.25, 0.3) is 0 Å². The van der Waals surface area contributed by atoms with Gasteiger partial charge in [-0.25, -0.2) is 0 Å². The number of pyridine rings is 1. The van der Waals surface area contributed by atoms with Gasteiger partial charge in [0.15, 0.2) is 0 Å². The minimum absolute atomic E-state index is 0.0367. The Morgan fingerprint density at radius 3 is 2.68 bits per heavy atom. The summed E-state index contributed by atoms with van der Waals surface area (Å²) >= 11 is 0. The van der Waals surface area contributed by atoms with Crippen LogP contribution >= 0.6 is 0 Å². The molecule has 0 spiro atoms. The Morgan fingerprint density at radius 2 is 1.96 bits per heavy atom. The molecule has 6 nitrogen and oxygen atoms in total. The van der Waals surface area contributed by atoms with Gasteiger partial charge in [-0.15, -0.1) is 0 Å². The van der Waals surface area contributed by atoms with Gasteiger partial charge >= 0.3 is 5.97 Å². The number of carbonyl (C=O) groups is 1. The van der Waals surface area contributed by atoms with Gasteiger partial charge in [-0.3, -0.25) is 14.7 Å². The summed E-state index contributed by atoms with van der Waals surface area (Å²) in [6, 6.07) is 3.73. The average Bonchev–Trinajstić information content (AvgIpc) is 2.67. The van der Waals surface area contributed by atoms with Crippen LogP contribution in [0.5, 0.6) is 0 Å². The molecule has 0 radical (unpaired) electrons. The number of rotatable bonds is 7. The highest BCUT2D eigenvalue weighted by Gasteiger charge is 2.30. The van der Waals surface area contributed by atoms with Crippen molar-refractivity contribution in [3.63, 3.8) is 0 Å². The SMILES string of the molecule is O=C(OC1CCCCC1)C(CCNc1ccncc1)N1CCNCC1. The van der Waals surface area contributed by atoms with Gasteiger partial charge < -0.3 is 15.4 Å². The predicted molar refractivity (Wildman–Crippen MR) is 98.5 cm³/mol. The fraction of sp³-hybridized carbons (Fsp3) is 0.684. The standard InChI is InChI=1S/C19H30N4O2/c24-19(25-17-4-2-1-3-5-17)18(23-14-12-21-13-15-23)8-11-22-16-6-9-20-10-7-16/h6-7,9-10,17-18,21H,1-5,8,11-15H2,(H,20,22). The lowest BCUT2D eigenvalue weighted by Gasteiger charge is -2.34. The minimum atomic E-state index is -0.154. The fourth-order valence-electron chi connectivity index (χ4n) is 3.69. The van der Waals surface area contributed by atoms with Gasteiger partial charge in [-0.05, 0) is 44.2 Å². The van der Waals surface area contributed by atoms with E-state index in [0.29, 0.717) is 0 Å². The second-order valence-electron chi connectivity index (χ2n) is 6.95. The molecule has 0 aromatic carbocycles. The Hall–Kier alpha value is -1.66. The maximum absolute atomic E-state index is 12.8. The third-order valence-electron chi connectivity index (χ3n) is 5.13. The molecule has 2 aliphatic rings. The monoisotopic (exact) mass is 346 g/mol. The van der Waals surface area contributed by atoms with E-state index in [1.807, 2.05) is 12.1 Å². The normalized spacial score (nSPS) is 20.8. The number of carbonyl (C=O) groups excluding carboxylic acids is 1. The van der Waals surface area contributed by atoms with Crippen LogP contribution in [0, 0.1) is 0 Å². The smallest absolute Gasteiger partial charge is 0.323 e. The van der Waals surface area contributed by atoms with E-state index in [-0.39, 0.29) is 18.1 Å². The van der Waals surface area contributed by atoms with E-state index in [0.717, 1.165) is 57.7 Å². The largest absolute Gasteiger partial charge is 0.461 e. The van der Waals surface area contributed by atoms with Gasteiger partial charge in [-0.1, -0.05) is 6.42 Å². The molecule has 1 atom stereocenters. The third kappa shape index (κ3) is 5.68. The zero-order valence-corrected chi connectivity index (χ0v) is 15.0. The van der Waals surface area contributed by atoms with E-state index < -0.39 is 0 Å². The van der Waals surface area contributed by atoms with Crippen molar-refractivity contribution in [2.45, 2.75) is 50.7 Å². The van der Waals surface area contributed by atoms with Gasteiger partial charge in [0, 0.05) is 50.8 Å². The number of esters is 1. The lowest BCUT2D eigenvalue weighted by atomic mass is 9.97. The Labute approximate surface area is 150 Å². The van der Waals surface area contributed by atoms with E-state index in [1.54, 1.807) is 12.4 Å². The second kappa shape index (κ2) is 9.73. The lowest BCUT2D eigenvalue weighted by Crippen LogP contribution is -2.52. The van der Waals surface area contributed by atoms with Gasteiger partial charge in [0.2, 0.25) is 0 Å². The Morgan fingerprint density at radius 1 is 1.24 bits per heavy atom. The van der Waals surface area contributed by atoms with E-state index in [1.165, 1.54) is 19.3 Å². The number of piperazine rings is 1. The molecule has 1 aromatic heterocycles. The maximum Gasteiger partial charge on any atom is 0.323 e. The summed E-state index contributed by atoms with van der Waals surface area (Å²) in [6.07, 6.45) is 10.1. The minimum Gasteiger partial charge on any atom is -0.461 e. The molecule has 0 bridgehead atoms. The van der Waals surface area contributed by atoms with Crippen LogP contribution in [-0.4, -0.2) is 60.7 Å². The summed E-state index contributed by atoms with van der Waals surface area (Å²) in [5.74, 6) is -0.0367. The molecular formula is C19H30N4O2. The molecule has 3 rings (SSSR count). The summed E-state index contributed by atoms with van der Waals surface area (Å²) in [5, 5.41) is 6.74. The molecule has 2 heterocycles. The van der Waals surface area contributed by atoms with E-state index in [2.05, 4.69) is 20.5 Å². The first-order valence-corrected chi connectivity index (χ1v) is 9.62. The first-order chi connectivity index (χ1) is 12.3. The molecule has 0 amide bonds. The summed E-state index contributed by atoms with van der Waals surface area (Å²) in [5.41, 5.74) is 1.04. The van der Waals surface area contributed by atoms with Crippen LogP contribution < -0.4 is 10.6 Å². The first kappa shape index (κ1) is 18.1. The zero-order chi connectivity index (χ0) is 17.3. The summed E-state index contributed by atoms with van der Waals surface area (Å²) in [7, 11) is 0. The van der Waals surface area contributed by atoms with Crippen LogP contribution in [0.2, 0.25) is 0 Å². The van der Waals surface area contributed by atoms with E-state index >= 15 is 0 Å². The van der Waals surface area contributed by atoms with Crippen molar-refractivity contribution < 1.29 is 9.53 Å². The molecule has 2 N–H and O–H groups in total. The van der Waals surface area contributed by atoms with Crippen LogP contribution in [0.1, 0.15) is 38.5 Å². The Kier molecular flexibility index (Phi) is 7.06. The Balaban J connectivity index is 1.54. The quantitative estimate of drug-likeness (QED) is 0.737. The fourth-order valence-corrected chi connectivity index (χ4v) is 3.69. The van der Waals surface area contributed by atoms with Crippen LogP contribution in [0.15, 0.2) is 24.5 Å². The van der Waals surface area contributed by atoms with Crippen molar-refractivity contribution in [3.8, 4) is 0 Å². The van der Waals surface area contributed by atoms with Crippen molar-refractivity contribution in [2.24, 2.45) is 0 Å². The molecule has 1 saturated carbocycles. The van der Waals surface area contributed by atoms with Crippen molar-refractivity contribution in [2.75, 3.05) is 38.0 Å². The number of ether oxygens (including phenoxy) is 1. The molecule has 1 saturated heterocycles. The van der Waals surface area contributed by atoms with Crippen LogP contribution in [0.4, 0.5) is 5.69 Å². The van der Waals surface area contributed by atoms with Crippen molar-refractivity contribution >= 4 is 11.7 Å². The van der Waals surface area contributed by atoms with Gasteiger partial charge in [0.1, 0.15) is 12.1 Å². The number of nitrogens with zero attached hydrogens (tertiary/aromatic N) is 2. The summed E-state index contributed by atoms with van der Waals surface area (Å²) < 4.78 is 5.87. The van der Waals surface area contributed by atoms with Gasteiger partial charge in [-0.2, -0.15) is 0 Å². The van der Waals surface area contributed by atoms with Crippen LogP contribution in [-0.2, 0) is 9.53 Å². The highest BCUT2D eigenvalue weighted by Crippen LogP contribution is 2.22. The van der Waals surface area contributed by atoms with Crippen molar-refractivity contribution in [1.29, 1.82) is 0 Å².